The normalized spacial score (nSPS) is 22.9. The third-order valence-corrected chi connectivity index (χ3v) is 6.96. The minimum Gasteiger partial charge on any atom is -0.465 e. The highest BCUT2D eigenvalue weighted by Crippen LogP contribution is 2.47. The van der Waals surface area contributed by atoms with E-state index in [9.17, 15) is 21.6 Å². The Hall–Kier alpha value is -0.870. The van der Waals surface area contributed by atoms with Crippen molar-refractivity contribution in [1.29, 1.82) is 0 Å². The summed E-state index contributed by atoms with van der Waals surface area (Å²) in [6.07, 6.45) is 0.428. The second-order valence-corrected chi connectivity index (χ2v) is 9.27. The van der Waals surface area contributed by atoms with Crippen LogP contribution in [0.3, 0.4) is 0 Å². The first-order valence-corrected chi connectivity index (χ1v) is 8.99. The van der Waals surface area contributed by atoms with Gasteiger partial charge in [-0.05, 0) is 12.8 Å². The molecule has 19 heavy (non-hydrogen) atoms. The van der Waals surface area contributed by atoms with Crippen molar-refractivity contribution in [1.82, 2.24) is 4.90 Å². The van der Waals surface area contributed by atoms with Crippen molar-refractivity contribution >= 4 is 26.0 Å². The summed E-state index contributed by atoms with van der Waals surface area (Å²) in [6, 6.07) is 0. The highest BCUT2D eigenvalue weighted by atomic mass is 32.2. The van der Waals surface area contributed by atoms with Gasteiger partial charge in [0.2, 0.25) is 0 Å². The molecule has 0 aromatic heterocycles. The van der Waals surface area contributed by atoms with Crippen molar-refractivity contribution in [2.45, 2.75) is 22.8 Å². The molecule has 1 aliphatic heterocycles. The molecule has 110 valence electrons. The maximum absolute atomic E-state index is 12.3. The Bertz CT molecular complexity index is 584. The molecule has 8 nitrogen and oxygen atoms in total. The second-order valence-electron chi connectivity index (χ2n) is 5.00. The van der Waals surface area contributed by atoms with Gasteiger partial charge in [-0.3, -0.25) is 4.18 Å². The molecule has 0 radical (unpaired) electrons. The zero-order chi connectivity index (χ0) is 14.5. The van der Waals surface area contributed by atoms with E-state index < -0.39 is 36.0 Å². The standard InChI is InChI=1S/C9H15NO7S2/c1-18(13,14)17-6-9(2-3-9)19(15,16)7-4-10(5-7)8(11)12/h7H,2-6H2,1H3,(H,11,12). The first-order chi connectivity index (χ1) is 8.57. The number of rotatable bonds is 5. The van der Waals surface area contributed by atoms with Gasteiger partial charge in [-0.1, -0.05) is 0 Å². The Morgan fingerprint density at radius 3 is 2.21 bits per heavy atom. The predicted molar refractivity (Wildman–Crippen MR) is 65.1 cm³/mol. The van der Waals surface area contributed by atoms with Gasteiger partial charge in [0.15, 0.2) is 9.84 Å². The SMILES string of the molecule is CS(=O)(=O)OCC1(S(=O)(=O)C2CN(C(=O)O)C2)CC1. The number of likely N-dealkylation sites (tertiary alicyclic amines) is 1. The molecule has 2 rings (SSSR count). The van der Waals surface area contributed by atoms with Crippen molar-refractivity contribution in [3.63, 3.8) is 0 Å². The predicted octanol–water partition coefficient (Wildman–Crippen LogP) is -0.728. The highest BCUT2D eigenvalue weighted by Gasteiger charge is 2.60. The minimum atomic E-state index is -3.69. The maximum atomic E-state index is 12.3. The summed E-state index contributed by atoms with van der Waals surface area (Å²) in [5.41, 5.74) is 0. The van der Waals surface area contributed by atoms with E-state index in [0.717, 1.165) is 11.2 Å². The number of hydrogen-bond acceptors (Lipinski definition) is 6. The third-order valence-electron chi connectivity index (χ3n) is 3.50. The lowest BCUT2D eigenvalue weighted by atomic mass is 10.2. The van der Waals surface area contributed by atoms with E-state index in [1.165, 1.54) is 0 Å². The van der Waals surface area contributed by atoms with E-state index in [0.29, 0.717) is 12.8 Å². The lowest BCUT2D eigenvalue weighted by Crippen LogP contribution is -2.59. The van der Waals surface area contributed by atoms with E-state index in [1.807, 2.05) is 0 Å². The first kappa shape index (κ1) is 14.5. The Labute approximate surface area is 111 Å². The van der Waals surface area contributed by atoms with Crippen LogP contribution < -0.4 is 0 Å². The molecule has 1 saturated heterocycles. The topological polar surface area (TPSA) is 118 Å². The molecule has 2 fully saturated rings. The molecule has 0 unspecified atom stereocenters. The van der Waals surface area contributed by atoms with Crippen LogP contribution in [0.4, 0.5) is 4.79 Å². The van der Waals surface area contributed by atoms with Gasteiger partial charge in [0.05, 0.1) is 22.9 Å². The van der Waals surface area contributed by atoms with Gasteiger partial charge in [-0.15, -0.1) is 0 Å². The van der Waals surface area contributed by atoms with Crippen molar-refractivity contribution in [2.75, 3.05) is 26.0 Å². The van der Waals surface area contributed by atoms with Crippen molar-refractivity contribution in [3.05, 3.63) is 0 Å². The van der Waals surface area contributed by atoms with Gasteiger partial charge in [-0.2, -0.15) is 8.42 Å². The lowest BCUT2D eigenvalue weighted by Gasteiger charge is -2.38. The first-order valence-electron chi connectivity index (χ1n) is 5.63. The number of carbonyl (C=O) groups is 1. The molecule has 0 bridgehead atoms. The summed E-state index contributed by atoms with van der Waals surface area (Å²) in [4.78, 5) is 11.6. The summed E-state index contributed by atoms with van der Waals surface area (Å²) < 4.78 is 49.9. The maximum Gasteiger partial charge on any atom is 0.407 e. The molecule has 1 N–H and O–H groups in total. The van der Waals surface area contributed by atoms with Crippen LogP contribution in [0.25, 0.3) is 0 Å². The minimum absolute atomic E-state index is 0.0573. The number of sulfone groups is 1. The van der Waals surface area contributed by atoms with Gasteiger partial charge < -0.3 is 10.0 Å². The molecule has 1 heterocycles. The monoisotopic (exact) mass is 313 g/mol. The van der Waals surface area contributed by atoms with E-state index in [4.69, 9.17) is 5.11 Å². The molecule has 1 amide bonds. The number of carboxylic acid groups (broad SMARTS) is 1. The molecular formula is C9H15NO7S2. The van der Waals surface area contributed by atoms with E-state index in [2.05, 4.69) is 4.18 Å². The van der Waals surface area contributed by atoms with E-state index in [-0.39, 0.29) is 19.7 Å². The van der Waals surface area contributed by atoms with Crippen LogP contribution in [0.15, 0.2) is 0 Å². The molecule has 0 spiro atoms. The second kappa shape index (κ2) is 4.32. The van der Waals surface area contributed by atoms with Crippen LogP contribution in [-0.2, 0) is 24.1 Å². The highest BCUT2D eigenvalue weighted by molar-refractivity contribution is 7.94. The molecule has 10 heteroatoms. The van der Waals surface area contributed by atoms with Gasteiger partial charge in [0.25, 0.3) is 10.1 Å². The van der Waals surface area contributed by atoms with E-state index >= 15 is 0 Å². The van der Waals surface area contributed by atoms with Crippen molar-refractivity contribution < 1.29 is 30.9 Å². The summed E-state index contributed by atoms with van der Waals surface area (Å²) >= 11 is 0. The molecule has 0 aromatic rings. The van der Waals surface area contributed by atoms with Crippen molar-refractivity contribution in [2.24, 2.45) is 0 Å². The average molecular weight is 313 g/mol. The Kier molecular flexibility index (Phi) is 3.30. The summed E-state index contributed by atoms with van der Waals surface area (Å²) in [6.45, 7) is -0.492. The zero-order valence-electron chi connectivity index (χ0n) is 10.3. The smallest absolute Gasteiger partial charge is 0.407 e. The van der Waals surface area contributed by atoms with Gasteiger partial charge in [-0.25, -0.2) is 13.2 Å². The number of amides is 1. The number of nitrogens with zero attached hydrogens (tertiary/aromatic N) is 1. The number of hydrogen-bond donors (Lipinski definition) is 1. The fourth-order valence-electron chi connectivity index (χ4n) is 2.01. The van der Waals surface area contributed by atoms with Crippen LogP contribution in [0.5, 0.6) is 0 Å². The van der Waals surface area contributed by atoms with Gasteiger partial charge >= 0.3 is 6.09 Å². The summed E-state index contributed by atoms with van der Waals surface area (Å²) in [5.74, 6) is 0. The van der Waals surface area contributed by atoms with Crippen LogP contribution in [0.2, 0.25) is 0 Å². The van der Waals surface area contributed by atoms with Crippen LogP contribution in [-0.4, -0.2) is 68.9 Å². The fourth-order valence-corrected chi connectivity index (χ4v) is 4.88. The Balaban J connectivity index is 2.03. The molecule has 1 saturated carbocycles. The summed E-state index contributed by atoms with van der Waals surface area (Å²) in [7, 11) is -7.26. The van der Waals surface area contributed by atoms with Crippen molar-refractivity contribution in [3.8, 4) is 0 Å². The van der Waals surface area contributed by atoms with E-state index in [1.54, 1.807) is 0 Å². The van der Waals surface area contributed by atoms with Crippen LogP contribution in [0, 0.1) is 0 Å². The average Bonchev–Trinajstić information content (AvgIpc) is 2.90. The van der Waals surface area contributed by atoms with Gasteiger partial charge in [0.1, 0.15) is 0 Å². The third kappa shape index (κ3) is 2.70. The quantitative estimate of drug-likeness (QED) is 0.665. The zero-order valence-corrected chi connectivity index (χ0v) is 11.9. The molecule has 0 aromatic carbocycles. The molecule has 0 atom stereocenters. The lowest BCUT2D eigenvalue weighted by molar-refractivity contribution is 0.119. The summed E-state index contributed by atoms with van der Waals surface area (Å²) in [5, 5.41) is 7.92. The van der Waals surface area contributed by atoms with Crippen LogP contribution >= 0.6 is 0 Å². The van der Waals surface area contributed by atoms with Gasteiger partial charge in [0, 0.05) is 13.1 Å². The fraction of sp³-hybridized carbons (Fsp3) is 0.889. The molecular weight excluding hydrogens is 298 g/mol. The molecule has 2 aliphatic rings. The Morgan fingerprint density at radius 1 is 1.32 bits per heavy atom. The largest absolute Gasteiger partial charge is 0.465 e. The van der Waals surface area contributed by atoms with Crippen LogP contribution in [0.1, 0.15) is 12.8 Å². The Morgan fingerprint density at radius 2 is 1.84 bits per heavy atom. The molecule has 1 aliphatic carbocycles.